The molecular formula is C33H34N2O3S. The SMILES string of the molecule is Cc1ccc(NC(=O)COC(=O)c2c3c(nc4ccccc24)/C(=C/c2cccs2)CC(C(C)(C)C)C3)c(C)c1. The minimum atomic E-state index is -0.495. The van der Waals surface area contributed by atoms with Crippen molar-refractivity contribution in [2.75, 3.05) is 11.9 Å². The van der Waals surface area contributed by atoms with E-state index in [1.54, 1.807) is 11.3 Å². The molecule has 0 aliphatic heterocycles. The highest BCUT2D eigenvalue weighted by atomic mass is 32.1. The number of esters is 1. The minimum absolute atomic E-state index is 0.0326. The van der Waals surface area contributed by atoms with E-state index in [1.807, 2.05) is 62.4 Å². The van der Waals surface area contributed by atoms with E-state index < -0.39 is 5.97 Å². The Bertz CT molecular complexity index is 1580. The van der Waals surface area contributed by atoms with E-state index >= 15 is 0 Å². The topological polar surface area (TPSA) is 68.3 Å². The van der Waals surface area contributed by atoms with Crippen LogP contribution in [0.1, 0.15) is 64.8 Å². The van der Waals surface area contributed by atoms with Crippen LogP contribution in [0.25, 0.3) is 22.6 Å². The molecule has 4 aromatic rings. The third kappa shape index (κ3) is 5.81. The summed E-state index contributed by atoms with van der Waals surface area (Å²) in [5.41, 5.74) is 6.97. The zero-order valence-corrected chi connectivity index (χ0v) is 23.9. The largest absolute Gasteiger partial charge is 0.452 e. The second-order valence-corrected chi connectivity index (χ2v) is 12.4. The van der Waals surface area contributed by atoms with Gasteiger partial charge in [-0.2, -0.15) is 0 Å². The second-order valence-electron chi connectivity index (χ2n) is 11.4. The van der Waals surface area contributed by atoms with Crippen LogP contribution in [0.2, 0.25) is 0 Å². The number of ether oxygens (including phenoxy) is 1. The number of pyridine rings is 1. The summed E-state index contributed by atoms with van der Waals surface area (Å²) in [6, 6.07) is 17.6. The van der Waals surface area contributed by atoms with Crippen molar-refractivity contribution < 1.29 is 14.3 Å². The molecule has 1 aliphatic carbocycles. The number of amides is 1. The minimum Gasteiger partial charge on any atom is -0.452 e. The van der Waals surface area contributed by atoms with Crippen molar-refractivity contribution in [2.45, 2.75) is 47.5 Å². The van der Waals surface area contributed by atoms with Crippen LogP contribution in [0.15, 0.2) is 60.0 Å². The molecule has 1 atom stereocenters. The first-order valence-electron chi connectivity index (χ1n) is 13.3. The Kier molecular flexibility index (Phi) is 7.41. The third-order valence-electron chi connectivity index (χ3n) is 7.49. The molecule has 2 aromatic carbocycles. The van der Waals surface area contributed by atoms with E-state index in [0.717, 1.165) is 56.6 Å². The van der Waals surface area contributed by atoms with Crippen LogP contribution in [-0.4, -0.2) is 23.5 Å². The lowest BCUT2D eigenvalue weighted by atomic mass is 9.69. The highest BCUT2D eigenvalue weighted by Crippen LogP contribution is 2.45. The summed E-state index contributed by atoms with van der Waals surface area (Å²) >= 11 is 1.69. The molecule has 0 saturated carbocycles. The number of hydrogen-bond acceptors (Lipinski definition) is 5. The lowest BCUT2D eigenvalue weighted by molar-refractivity contribution is -0.119. The van der Waals surface area contributed by atoms with Gasteiger partial charge in [0, 0.05) is 16.0 Å². The van der Waals surface area contributed by atoms with Crippen LogP contribution >= 0.6 is 11.3 Å². The number of anilines is 1. The first kappa shape index (κ1) is 26.8. The number of allylic oxidation sites excluding steroid dienone is 1. The van der Waals surface area contributed by atoms with Gasteiger partial charge in [0.2, 0.25) is 0 Å². The predicted molar refractivity (Wildman–Crippen MR) is 160 cm³/mol. The van der Waals surface area contributed by atoms with Crippen LogP contribution in [0, 0.1) is 25.2 Å². The zero-order valence-electron chi connectivity index (χ0n) is 23.1. The molecule has 200 valence electrons. The van der Waals surface area contributed by atoms with Crippen LogP contribution in [0.3, 0.4) is 0 Å². The molecular weight excluding hydrogens is 504 g/mol. The van der Waals surface area contributed by atoms with Gasteiger partial charge in [0.25, 0.3) is 5.91 Å². The highest BCUT2D eigenvalue weighted by molar-refractivity contribution is 7.10. The molecule has 0 radical (unpaired) electrons. The smallest absolute Gasteiger partial charge is 0.339 e. The maximum absolute atomic E-state index is 13.7. The van der Waals surface area contributed by atoms with Gasteiger partial charge >= 0.3 is 5.97 Å². The van der Waals surface area contributed by atoms with Gasteiger partial charge in [-0.3, -0.25) is 4.79 Å². The lowest BCUT2D eigenvalue weighted by Crippen LogP contribution is -2.29. The second kappa shape index (κ2) is 10.8. The molecule has 5 rings (SSSR count). The summed E-state index contributed by atoms with van der Waals surface area (Å²) in [6.07, 6.45) is 3.81. The van der Waals surface area contributed by atoms with Gasteiger partial charge in [0.1, 0.15) is 0 Å². The van der Waals surface area contributed by atoms with Crippen LogP contribution in [0.4, 0.5) is 5.69 Å². The zero-order chi connectivity index (χ0) is 27.7. The average Bonchev–Trinajstić information content (AvgIpc) is 3.40. The maximum Gasteiger partial charge on any atom is 0.339 e. The van der Waals surface area contributed by atoms with E-state index in [9.17, 15) is 9.59 Å². The van der Waals surface area contributed by atoms with Crippen molar-refractivity contribution >= 4 is 51.5 Å². The number of para-hydroxylation sites is 1. The highest BCUT2D eigenvalue weighted by Gasteiger charge is 2.35. The Balaban J connectivity index is 1.52. The normalized spacial score (nSPS) is 16.2. The van der Waals surface area contributed by atoms with Crippen LogP contribution in [-0.2, 0) is 16.0 Å². The van der Waals surface area contributed by atoms with E-state index in [1.165, 1.54) is 0 Å². The summed E-state index contributed by atoms with van der Waals surface area (Å²) in [6.45, 7) is 10.3. The molecule has 1 aliphatic rings. The fourth-order valence-electron chi connectivity index (χ4n) is 5.26. The number of aryl methyl sites for hydroxylation is 2. The fraction of sp³-hybridized carbons (Fsp3) is 0.303. The third-order valence-corrected chi connectivity index (χ3v) is 8.31. The van der Waals surface area contributed by atoms with E-state index in [-0.39, 0.29) is 17.9 Å². The average molecular weight is 539 g/mol. The summed E-state index contributed by atoms with van der Waals surface area (Å²) in [5.74, 6) is -0.544. The Labute approximate surface area is 233 Å². The first-order valence-corrected chi connectivity index (χ1v) is 14.2. The molecule has 1 unspecified atom stereocenters. The fourth-order valence-corrected chi connectivity index (χ4v) is 5.94. The number of thiophene rings is 1. The predicted octanol–water partition coefficient (Wildman–Crippen LogP) is 7.86. The van der Waals surface area contributed by atoms with E-state index in [4.69, 9.17) is 9.72 Å². The number of nitrogens with one attached hydrogen (secondary N) is 1. The quantitative estimate of drug-likeness (QED) is 0.263. The Morgan fingerprint density at radius 2 is 1.87 bits per heavy atom. The number of carbonyl (C=O) groups is 2. The number of rotatable bonds is 5. The van der Waals surface area contributed by atoms with Gasteiger partial charge in [0.15, 0.2) is 6.61 Å². The van der Waals surface area contributed by atoms with E-state index in [2.05, 4.69) is 43.6 Å². The molecule has 39 heavy (non-hydrogen) atoms. The van der Waals surface area contributed by atoms with Gasteiger partial charge in [-0.15, -0.1) is 11.3 Å². The molecule has 6 heteroatoms. The van der Waals surface area contributed by atoms with Crippen molar-refractivity contribution in [3.05, 3.63) is 92.8 Å². The van der Waals surface area contributed by atoms with Gasteiger partial charge < -0.3 is 10.1 Å². The molecule has 2 aromatic heterocycles. The molecule has 1 N–H and O–H groups in total. The Hall–Kier alpha value is -3.77. The van der Waals surface area contributed by atoms with Crippen LogP contribution in [0.5, 0.6) is 0 Å². The van der Waals surface area contributed by atoms with Gasteiger partial charge in [-0.05, 0) is 84.4 Å². The van der Waals surface area contributed by atoms with Crippen molar-refractivity contribution in [1.29, 1.82) is 0 Å². The number of hydrogen-bond donors (Lipinski definition) is 1. The van der Waals surface area contributed by atoms with Gasteiger partial charge in [-0.1, -0.05) is 62.7 Å². The number of nitrogens with zero attached hydrogens (tertiary/aromatic N) is 1. The molecule has 1 amide bonds. The Morgan fingerprint density at radius 1 is 1.08 bits per heavy atom. The summed E-state index contributed by atoms with van der Waals surface area (Å²) < 4.78 is 5.67. The van der Waals surface area contributed by atoms with Crippen LogP contribution < -0.4 is 5.32 Å². The summed E-state index contributed by atoms with van der Waals surface area (Å²) in [7, 11) is 0. The monoisotopic (exact) mass is 538 g/mol. The molecule has 0 spiro atoms. The van der Waals surface area contributed by atoms with E-state index in [0.29, 0.717) is 17.2 Å². The first-order chi connectivity index (χ1) is 18.6. The number of aromatic nitrogens is 1. The summed E-state index contributed by atoms with van der Waals surface area (Å²) in [4.78, 5) is 32.7. The maximum atomic E-state index is 13.7. The number of carbonyl (C=O) groups excluding carboxylic acids is 2. The molecule has 5 nitrogen and oxygen atoms in total. The molecule has 0 fully saturated rings. The standard InChI is InChI=1S/C33H34N2O3S/c1-20-12-13-27(21(2)15-20)34-29(36)19-38-32(37)30-25-10-6-7-11-28(25)35-31-22(17-24-9-8-14-39-24)16-23(18-26(30)31)33(3,4)5/h6-15,17,23H,16,18-19H2,1-5H3,(H,34,36)/b22-17+. The number of fused-ring (bicyclic) bond motifs is 2. The molecule has 0 bridgehead atoms. The van der Waals surface area contributed by atoms with Gasteiger partial charge in [0.05, 0.1) is 16.8 Å². The van der Waals surface area contributed by atoms with Crippen molar-refractivity contribution in [2.24, 2.45) is 11.3 Å². The lowest BCUT2D eigenvalue weighted by Gasteiger charge is -2.36. The van der Waals surface area contributed by atoms with Gasteiger partial charge in [-0.25, -0.2) is 9.78 Å². The summed E-state index contributed by atoms with van der Waals surface area (Å²) in [5, 5.41) is 5.68. The van der Waals surface area contributed by atoms with Crippen molar-refractivity contribution in [3.63, 3.8) is 0 Å². The molecule has 0 saturated heterocycles. The Morgan fingerprint density at radius 3 is 2.59 bits per heavy atom. The molecule has 2 heterocycles. The number of benzene rings is 2. The van der Waals surface area contributed by atoms with Crippen molar-refractivity contribution in [1.82, 2.24) is 4.98 Å². The van der Waals surface area contributed by atoms with Crippen molar-refractivity contribution in [3.8, 4) is 0 Å².